The summed E-state index contributed by atoms with van der Waals surface area (Å²) in [6, 6.07) is 0. The van der Waals surface area contributed by atoms with Crippen molar-refractivity contribution in [1.82, 2.24) is 0 Å². The van der Waals surface area contributed by atoms with Crippen LogP contribution in [0, 0.1) is 11.8 Å². The minimum Gasteiger partial charge on any atom is -0.463 e. The lowest BCUT2D eigenvalue weighted by Crippen LogP contribution is -2.25. The van der Waals surface area contributed by atoms with Gasteiger partial charge in [-0.2, -0.15) is 0 Å². The van der Waals surface area contributed by atoms with Gasteiger partial charge in [-0.3, -0.25) is 9.59 Å². The van der Waals surface area contributed by atoms with Gasteiger partial charge in [-0.1, -0.05) is 154 Å². The highest BCUT2D eigenvalue weighted by atomic mass is 16.6. The van der Waals surface area contributed by atoms with Crippen LogP contribution in [0.15, 0.2) is 24.3 Å². The summed E-state index contributed by atoms with van der Waals surface area (Å²) in [5, 5.41) is 41.1. The number of hydrogen-bond acceptors (Lipinski definition) is 8. The topological polar surface area (TPSA) is 134 Å². The number of ether oxygens (including phenoxy) is 2. The molecule has 0 heterocycles. The van der Waals surface area contributed by atoms with Crippen LogP contribution in [-0.4, -0.2) is 70.0 Å². The van der Waals surface area contributed by atoms with Gasteiger partial charge in [0.25, 0.3) is 0 Å². The molecule has 8 heteroatoms. The van der Waals surface area contributed by atoms with Gasteiger partial charge in [0, 0.05) is 25.2 Å². The molecule has 0 aromatic carbocycles. The van der Waals surface area contributed by atoms with Crippen LogP contribution < -0.4 is 0 Å². The van der Waals surface area contributed by atoms with Crippen molar-refractivity contribution in [2.75, 3.05) is 13.2 Å². The molecule has 0 bridgehead atoms. The van der Waals surface area contributed by atoms with E-state index in [9.17, 15) is 30.0 Å². The van der Waals surface area contributed by atoms with Crippen LogP contribution in [0.2, 0.25) is 0 Å². The number of aliphatic hydroxyl groups excluding tert-OH is 4. The molecule has 0 saturated heterocycles. The largest absolute Gasteiger partial charge is 0.463 e. The highest BCUT2D eigenvalue weighted by Crippen LogP contribution is 2.36. The van der Waals surface area contributed by atoms with E-state index < -0.39 is 30.4 Å². The predicted octanol–water partition coefficient (Wildman–Crippen LogP) is 9.06. The number of hydrogen-bond donors (Lipinski definition) is 4. The zero-order valence-corrected chi connectivity index (χ0v) is 32.0. The van der Waals surface area contributed by atoms with Crippen LogP contribution in [0.4, 0.5) is 0 Å². The second kappa shape index (κ2) is 32.0. The molecule has 1 rings (SSSR count). The highest BCUT2D eigenvalue weighted by molar-refractivity contribution is 5.69. The zero-order valence-electron chi connectivity index (χ0n) is 32.0. The van der Waals surface area contributed by atoms with E-state index in [0.717, 1.165) is 38.5 Å². The highest BCUT2D eigenvalue weighted by Gasteiger charge is 2.39. The fourth-order valence-electron chi connectivity index (χ4n) is 6.79. The van der Waals surface area contributed by atoms with Crippen LogP contribution in [0.1, 0.15) is 181 Å². The molecule has 0 amide bonds. The van der Waals surface area contributed by atoms with Gasteiger partial charge in [0.05, 0.1) is 18.3 Å². The molecule has 0 radical (unpaired) electrons. The van der Waals surface area contributed by atoms with Gasteiger partial charge in [-0.25, -0.2) is 0 Å². The molecular weight excluding hydrogens is 632 g/mol. The Labute approximate surface area is 305 Å². The van der Waals surface area contributed by atoms with Crippen LogP contribution in [0.3, 0.4) is 0 Å². The Hall–Kier alpha value is -1.74. The minimum atomic E-state index is -1.04. The van der Waals surface area contributed by atoms with E-state index in [-0.39, 0.29) is 37.4 Å². The molecule has 0 spiro atoms. The SMILES string of the molecule is CCCCCCCCCCCCCCCCCCC(=O)OC[C@@H](O)COC(=O)CCC/C=C/C[C@@H]1[C@@H](/C=C/[C@@H](O)CCCCC)[C@H](O)C[C@@H]1O. The normalized spacial score (nSPS) is 20.5. The molecule has 1 aliphatic rings. The fraction of sp³-hybridized carbons (Fsp3) is 0.857. The second-order valence-electron chi connectivity index (χ2n) is 14.7. The Kier molecular flexibility index (Phi) is 29.6. The molecule has 50 heavy (non-hydrogen) atoms. The van der Waals surface area contributed by atoms with Crippen LogP contribution in [-0.2, 0) is 19.1 Å². The number of rotatable bonds is 33. The fourth-order valence-corrected chi connectivity index (χ4v) is 6.79. The summed E-state index contributed by atoms with van der Waals surface area (Å²) >= 11 is 0. The molecule has 1 fully saturated rings. The molecule has 0 unspecified atom stereocenters. The molecule has 1 aliphatic carbocycles. The molecular formula is C42H76O8. The summed E-state index contributed by atoms with van der Waals surface area (Å²) in [6.45, 7) is 4.01. The van der Waals surface area contributed by atoms with Gasteiger partial charge in [0.15, 0.2) is 0 Å². The van der Waals surface area contributed by atoms with E-state index in [2.05, 4.69) is 13.8 Å². The van der Waals surface area contributed by atoms with E-state index in [1.807, 2.05) is 18.2 Å². The average molecular weight is 709 g/mol. The smallest absolute Gasteiger partial charge is 0.305 e. The van der Waals surface area contributed by atoms with Crippen LogP contribution in [0.5, 0.6) is 0 Å². The monoisotopic (exact) mass is 709 g/mol. The number of unbranched alkanes of at least 4 members (excludes halogenated alkanes) is 18. The summed E-state index contributed by atoms with van der Waals surface area (Å²) in [7, 11) is 0. The Bertz CT molecular complexity index is 874. The van der Waals surface area contributed by atoms with Gasteiger partial charge in [-0.15, -0.1) is 0 Å². The van der Waals surface area contributed by atoms with E-state index in [4.69, 9.17) is 9.47 Å². The van der Waals surface area contributed by atoms with E-state index in [1.54, 1.807) is 6.08 Å². The molecule has 6 atom stereocenters. The molecule has 0 aliphatic heterocycles. The number of carbonyl (C=O) groups is 2. The lowest BCUT2D eigenvalue weighted by Gasteiger charge is -2.19. The Morgan fingerprint density at radius 2 is 1.12 bits per heavy atom. The number of carbonyl (C=O) groups excluding carboxylic acids is 2. The maximum Gasteiger partial charge on any atom is 0.305 e. The first-order chi connectivity index (χ1) is 24.3. The summed E-state index contributed by atoms with van der Waals surface area (Å²) in [6.07, 6.45) is 31.9. The summed E-state index contributed by atoms with van der Waals surface area (Å²) in [5.74, 6) is -1.05. The van der Waals surface area contributed by atoms with Gasteiger partial charge < -0.3 is 29.9 Å². The maximum absolute atomic E-state index is 12.1. The van der Waals surface area contributed by atoms with E-state index in [0.29, 0.717) is 38.5 Å². The summed E-state index contributed by atoms with van der Waals surface area (Å²) in [4.78, 5) is 24.1. The zero-order chi connectivity index (χ0) is 36.7. The van der Waals surface area contributed by atoms with Gasteiger partial charge in [0.1, 0.15) is 19.3 Å². The molecule has 0 aromatic rings. The summed E-state index contributed by atoms with van der Waals surface area (Å²) < 4.78 is 10.3. The molecule has 1 saturated carbocycles. The minimum absolute atomic E-state index is 0.116. The third kappa shape index (κ3) is 25.3. The molecule has 8 nitrogen and oxygen atoms in total. The first-order valence-electron chi connectivity index (χ1n) is 20.6. The standard InChI is InChI=1S/C42H76O8/c1-3-5-7-8-9-10-11-12-13-14-15-16-17-18-19-24-28-41(47)49-33-36(44)34-50-42(48)29-25-21-20-23-27-37-38(40(46)32-39(37)45)31-30-35(43)26-22-6-4-2/h20,23,30-31,35-40,43-46H,3-19,21-22,24-29,32-34H2,1-2H3/b23-20+,31-30+/t35-,36+,37+,38+,39-,40+/m0/s1. The quantitative estimate of drug-likeness (QED) is 0.0302. The first kappa shape index (κ1) is 46.3. The molecule has 4 N–H and O–H groups in total. The molecule has 292 valence electrons. The lowest BCUT2D eigenvalue weighted by atomic mass is 9.89. The van der Waals surface area contributed by atoms with Crippen molar-refractivity contribution in [2.24, 2.45) is 11.8 Å². The van der Waals surface area contributed by atoms with Crippen molar-refractivity contribution in [1.29, 1.82) is 0 Å². The van der Waals surface area contributed by atoms with E-state index >= 15 is 0 Å². The average Bonchev–Trinajstić information content (AvgIpc) is 3.37. The number of aliphatic hydroxyl groups is 4. The van der Waals surface area contributed by atoms with Crippen molar-refractivity contribution in [3.8, 4) is 0 Å². The van der Waals surface area contributed by atoms with Crippen molar-refractivity contribution in [2.45, 2.75) is 205 Å². The van der Waals surface area contributed by atoms with E-state index in [1.165, 1.54) is 83.5 Å². The third-order valence-electron chi connectivity index (χ3n) is 10.0. The molecule has 0 aromatic heterocycles. The number of allylic oxidation sites excluding steroid dienone is 2. The second-order valence-corrected chi connectivity index (χ2v) is 14.7. The Morgan fingerprint density at radius 1 is 0.640 bits per heavy atom. The lowest BCUT2D eigenvalue weighted by molar-refractivity contribution is -0.152. The van der Waals surface area contributed by atoms with Gasteiger partial charge >= 0.3 is 11.9 Å². The van der Waals surface area contributed by atoms with Crippen LogP contribution >= 0.6 is 0 Å². The van der Waals surface area contributed by atoms with Crippen molar-refractivity contribution in [3.05, 3.63) is 24.3 Å². The predicted molar refractivity (Wildman–Crippen MR) is 203 cm³/mol. The number of esters is 2. The van der Waals surface area contributed by atoms with Gasteiger partial charge in [0.2, 0.25) is 0 Å². The van der Waals surface area contributed by atoms with Crippen LogP contribution in [0.25, 0.3) is 0 Å². The summed E-state index contributed by atoms with van der Waals surface area (Å²) in [5.41, 5.74) is 0. The Morgan fingerprint density at radius 3 is 1.66 bits per heavy atom. The van der Waals surface area contributed by atoms with Crippen molar-refractivity contribution in [3.63, 3.8) is 0 Å². The Balaban J connectivity index is 2.02. The van der Waals surface area contributed by atoms with Crippen molar-refractivity contribution >= 4 is 11.9 Å². The van der Waals surface area contributed by atoms with Crippen molar-refractivity contribution < 1.29 is 39.5 Å². The first-order valence-corrected chi connectivity index (χ1v) is 20.6. The maximum atomic E-state index is 12.1. The third-order valence-corrected chi connectivity index (χ3v) is 10.0. The van der Waals surface area contributed by atoms with Gasteiger partial charge in [-0.05, 0) is 38.0 Å².